The van der Waals surface area contributed by atoms with Crippen molar-refractivity contribution in [2.75, 3.05) is 44.2 Å². The lowest BCUT2D eigenvalue weighted by Crippen LogP contribution is -2.48. The number of amides is 1. The normalized spacial score (nSPS) is 22.5. The van der Waals surface area contributed by atoms with E-state index in [0.29, 0.717) is 12.3 Å². The van der Waals surface area contributed by atoms with E-state index in [1.54, 1.807) is 6.33 Å². The number of hydrogen-bond acceptors (Lipinski definition) is 5. The van der Waals surface area contributed by atoms with Crippen molar-refractivity contribution in [2.24, 2.45) is 5.92 Å². The van der Waals surface area contributed by atoms with Gasteiger partial charge in [0.15, 0.2) is 0 Å². The molecule has 3 heterocycles. The number of nitrogens with one attached hydrogen (secondary N) is 1. The minimum Gasteiger partial charge on any atom is -0.369 e. The van der Waals surface area contributed by atoms with Gasteiger partial charge in [-0.2, -0.15) is 0 Å². The van der Waals surface area contributed by atoms with Gasteiger partial charge in [0.2, 0.25) is 5.91 Å². The van der Waals surface area contributed by atoms with Crippen molar-refractivity contribution in [3.05, 3.63) is 30.7 Å². The van der Waals surface area contributed by atoms with Crippen LogP contribution >= 0.6 is 0 Å². The predicted octanol–water partition coefficient (Wildman–Crippen LogP) is 0.888. The van der Waals surface area contributed by atoms with Gasteiger partial charge in [-0.3, -0.25) is 9.69 Å². The van der Waals surface area contributed by atoms with E-state index in [9.17, 15) is 4.79 Å². The van der Waals surface area contributed by atoms with Crippen molar-refractivity contribution in [1.29, 1.82) is 0 Å². The average molecular weight is 311 g/mol. The molecule has 1 amide bonds. The van der Waals surface area contributed by atoms with Crippen LogP contribution in [-0.4, -0.2) is 60.0 Å². The van der Waals surface area contributed by atoms with Gasteiger partial charge in [-0.15, -0.1) is 0 Å². The molecule has 0 aliphatic carbocycles. The molecule has 1 atom stereocenters. The third-order valence-corrected chi connectivity index (χ3v) is 4.80. The van der Waals surface area contributed by atoms with Crippen molar-refractivity contribution in [1.82, 2.24) is 20.2 Å². The van der Waals surface area contributed by atoms with Crippen LogP contribution in [0.25, 0.3) is 10.9 Å². The maximum Gasteiger partial charge on any atom is 0.220 e. The van der Waals surface area contributed by atoms with E-state index < -0.39 is 0 Å². The Kier molecular flexibility index (Phi) is 3.83. The second kappa shape index (κ2) is 6.12. The van der Waals surface area contributed by atoms with Gasteiger partial charge in [0, 0.05) is 63.0 Å². The minimum absolute atomic E-state index is 0.201. The van der Waals surface area contributed by atoms with Crippen LogP contribution in [0.2, 0.25) is 0 Å². The zero-order chi connectivity index (χ0) is 15.6. The number of hydrogen-bond donors (Lipinski definition) is 1. The van der Waals surface area contributed by atoms with Crippen molar-refractivity contribution in [2.45, 2.75) is 6.42 Å². The molecule has 0 spiro atoms. The Morgan fingerprint density at radius 3 is 2.87 bits per heavy atom. The molecule has 1 aromatic heterocycles. The molecule has 1 N–H and O–H groups in total. The Morgan fingerprint density at radius 2 is 2.09 bits per heavy atom. The molecule has 23 heavy (non-hydrogen) atoms. The summed E-state index contributed by atoms with van der Waals surface area (Å²) in [5, 5.41) is 4.01. The first-order valence-electron chi connectivity index (χ1n) is 8.22. The van der Waals surface area contributed by atoms with Crippen molar-refractivity contribution < 1.29 is 4.79 Å². The highest BCUT2D eigenvalue weighted by molar-refractivity contribution is 5.81. The fourth-order valence-corrected chi connectivity index (χ4v) is 3.52. The molecule has 2 aliphatic rings. The number of piperazine rings is 1. The van der Waals surface area contributed by atoms with E-state index in [-0.39, 0.29) is 5.91 Å². The van der Waals surface area contributed by atoms with Gasteiger partial charge in [0.05, 0.1) is 5.52 Å². The summed E-state index contributed by atoms with van der Waals surface area (Å²) in [5.74, 6) is 0.680. The van der Waals surface area contributed by atoms with Crippen molar-refractivity contribution in [3.63, 3.8) is 0 Å². The predicted molar refractivity (Wildman–Crippen MR) is 89.3 cm³/mol. The van der Waals surface area contributed by atoms with Gasteiger partial charge in [0.25, 0.3) is 0 Å². The van der Waals surface area contributed by atoms with Gasteiger partial charge in [-0.1, -0.05) is 0 Å². The number of carbonyl (C=O) groups excluding carboxylic acids is 1. The van der Waals surface area contributed by atoms with Crippen LogP contribution in [0.5, 0.6) is 0 Å². The highest BCUT2D eigenvalue weighted by Crippen LogP contribution is 2.22. The summed E-state index contributed by atoms with van der Waals surface area (Å²) in [7, 11) is 0. The highest BCUT2D eigenvalue weighted by Gasteiger charge is 2.25. The lowest BCUT2D eigenvalue weighted by atomic mass is 10.1. The quantitative estimate of drug-likeness (QED) is 0.912. The smallest absolute Gasteiger partial charge is 0.220 e. The largest absolute Gasteiger partial charge is 0.369 e. The Morgan fingerprint density at radius 1 is 1.22 bits per heavy atom. The van der Waals surface area contributed by atoms with Gasteiger partial charge >= 0.3 is 0 Å². The first-order valence-corrected chi connectivity index (χ1v) is 8.22. The SMILES string of the molecule is O=C1CC(CN2CCN(c3ccc4ncncc4c3)CC2)CN1. The van der Waals surface area contributed by atoms with Gasteiger partial charge in [0.1, 0.15) is 6.33 Å². The highest BCUT2D eigenvalue weighted by atomic mass is 16.1. The second-order valence-electron chi connectivity index (χ2n) is 6.43. The summed E-state index contributed by atoms with van der Waals surface area (Å²) in [4.78, 5) is 24.6. The molecular weight excluding hydrogens is 290 g/mol. The molecule has 1 aromatic carbocycles. The van der Waals surface area contributed by atoms with E-state index in [1.165, 1.54) is 5.69 Å². The molecule has 0 bridgehead atoms. The summed E-state index contributed by atoms with van der Waals surface area (Å²) in [6, 6.07) is 6.38. The zero-order valence-corrected chi connectivity index (χ0v) is 13.1. The van der Waals surface area contributed by atoms with Gasteiger partial charge in [-0.25, -0.2) is 9.97 Å². The Hall–Kier alpha value is -2.21. The number of carbonyl (C=O) groups is 1. The summed E-state index contributed by atoms with van der Waals surface area (Å²) in [5.41, 5.74) is 2.23. The molecule has 0 saturated carbocycles. The fraction of sp³-hybridized carbons (Fsp3) is 0.471. The number of anilines is 1. The van der Waals surface area contributed by atoms with E-state index in [0.717, 1.165) is 50.2 Å². The van der Waals surface area contributed by atoms with Crippen LogP contribution in [0, 0.1) is 5.92 Å². The third-order valence-electron chi connectivity index (χ3n) is 4.80. The Bertz CT molecular complexity index is 711. The first-order chi connectivity index (χ1) is 11.3. The lowest BCUT2D eigenvalue weighted by Gasteiger charge is -2.37. The molecule has 0 radical (unpaired) electrons. The van der Waals surface area contributed by atoms with Crippen molar-refractivity contribution in [3.8, 4) is 0 Å². The second-order valence-corrected chi connectivity index (χ2v) is 6.43. The topological polar surface area (TPSA) is 61.4 Å². The third kappa shape index (κ3) is 3.12. The van der Waals surface area contributed by atoms with E-state index >= 15 is 0 Å². The minimum atomic E-state index is 0.201. The fourth-order valence-electron chi connectivity index (χ4n) is 3.52. The molecule has 2 aromatic rings. The van der Waals surface area contributed by atoms with Crippen LogP contribution in [0.4, 0.5) is 5.69 Å². The van der Waals surface area contributed by atoms with Crippen LogP contribution in [-0.2, 0) is 4.79 Å². The number of nitrogens with zero attached hydrogens (tertiary/aromatic N) is 4. The monoisotopic (exact) mass is 311 g/mol. The van der Waals surface area contributed by atoms with E-state index in [1.807, 2.05) is 6.20 Å². The maximum absolute atomic E-state index is 11.3. The number of rotatable bonds is 3. The number of benzene rings is 1. The molecule has 6 nitrogen and oxygen atoms in total. The number of aromatic nitrogens is 2. The molecule has 4 rings (SSSR count). The summed E-state index contributed by atoms with van der Waals surface area (Å²) in [6.07, 6.45) is 4.14. The van der Waals surface area contributed by atoms with E-state index in [2.05, 4.69) is 43.3 Å². The molecule has 6 heteroatoms. The standard InChI is InChI=1S/C17H21N5O/c23-17-7-13(9-19-17)11-21-3-5-22(6-4-21)15-1-2-16-14(8-15)10-18-12-20-16/h1-2,8,10,12-13H,3-7,9,11H2,(H,19,23). The van der Waals surface area contributed by atoms with Crippen molar-refractivity contribution >= 4 is 22.5 Å². The molecule has 120 valence electrons. The van der Waals surface area contributed by atoms with Crippen LogP contribution in [0.1, 0.15) is 6.42 Å². The maximum atomic E-state index is 11.3. The van der Waals surface area contributed by atoms with Crippen LogP contribution < -0.4 is 10.2 Å². The summed E-state index contributed by atoms with van der Waals surface area (Å²) >= 11 is 0. The molecule has 1 unspecified atom stereocenters. The Labute approximate surface area is 135 Å². The number of fused-ring (bicyclic) bond motifs is 1. The van der Waals surface area contributed by atoms with Gasteiger partial charge in [-0.05, 0) is 24.1 Å². The van der Waals surface area contributed by atoms with Crippen LogP contribution in [0.3, 0.4) is 0 Å². The molecular formula is C17H21N5O. The van der Waals surface area contributed by atoms with Crippen LogP contribution in [0.15, 0.2) is 30.7 Å². The molecule has 2 saturated heterocycles. The lowest BCUT2D eigenvalue weighted by molar-refractivity contribution is -0.119. The molecule has 2 aliphatic heterocycles. The van der Waals surface area contributed by atoms with E-state index in [4.69, 9.17) is 0 Å². The summed E-state index contributed by atoms with van der Waals surface area (Å²) < 4.78 is 0. The first kappa shape index (κ1) is 14.4. The summed E-state index contributed by atoms with van der Waals surface area (Å²) in [6.45, 7) is 6.00. The zero-order valence-electron chi connectivity index (χ0n) is 13.1. The van der Waals surface area contributed by atoms with Gasteiger partial charge < -0.3 is 10.2 Å². The molecule has 2 fully saturated rings. The Balaban J connectivity index is 1.37. The average Bonchev–Trinajstić information content (AvgIpc) is 3.00.